The lowest BCUT2D eigenvalue weighted by molar-refractivity contribution is 1.18. The lowest BCUT2D eigenvalue weighted by atomic mass is 9.90. The molecule has 0 spiro atoms. The van der Waals surface area contributed by atoms with E-state index < -0.39 is 0 Å². The number of nitrogens with zero attached hydrogens (tertiary/aromatic N) is 2. The Bertz CT molecular complexity index is 2950. The largest absolute Gasteiger partial charge is 0.228 e. The molecule has 10 rings (SSSR count). The molecule has 55 heavy (non-hydrogen) atoms. The molecular weight excluding hydrogens is 685 g/mol. The minimum absolute atomic E-state index is 0.698. The Morgan fingerprint density at radius 3 is 1.49 bits per heavy atom. The quantitative estimate of drug-likeness (QED) is 0.164. The second-order valence-corrected chi connectivity index (χ2v) is 14.9. The van der Waals surface area contributed by atoms with Crippen LogP contribution >= 0.6 is 11.3 Å². The molecule has 0 aliphatic rings. The first-order valence-electron chi connectivity index (χ1n) is 18.6. The van der Waals surface area contributed by atoms with E-state index in [1.807, 2.05) is 29.5 Å². The van der Waals surface area contributed by atoms with Crippen LogP contribution in [0.2, 0.25) is 0 Å². The van der Waals surface area contributed by atoms with Crippen molar-refractivity contribution < 1.29 is 0 Å². The van der Waals surface area contributed by atoms with E-state index in [0.717, 1.165) is 39.2 Å². The van der Waals surface area contributed by atoms with Crippen molar-refractivity contribution in [1.29, 1.82) is 0 Å². The van der Waals surface area contributed by atoms with Gasteiger partial charge in [0.15, 0.2) is 5.82 Å². The van der Waals surface area contributed by atoms with E-state index in [-0.39, 0.29) is 0 Å². The Kier molecular flexibility index (Phi) is 8.40. The Labute approximate surface area is 324 Å². The molecule has 0 N–H and O–H groups in total. The Balaban J connectivity index is 1.17. The number of aromatic nitrogens is 2. The van der Waals surface area contributed by atoms with E-state index in [2.05, 4.69) is 188 Å². The molecule has 0 amide bonds. The van der Waals surface area contributed by atoms with Gasteiger partial charge in [0.05, 0.1) is 11.4 Å². The maximum Gasteiger partial charge on any atom is 0.160 e. The van der Waals surface area contributed by atoms with Crippen molar-refractivity contribution in [3.63, 3.8) is 0 Å². The zero-order chi connectivity index (χ0) is 36.6. The van der Waals surface area contributed by atoms with Gasteiger partial charge in [0.2, 0.25) is 0 Å². The number of hydrogen-bond acceptors (Lipinski definition) is 3. The molecule has 0 bridgehead atoms. The topological polar surface area (TPSA) is 25.8 Å². The lowest BCUT2D eigenvalue weighted by Crippen LogP contribution is -1.97. The van der Waals surface area contributed by atoms with Crippen LogP contribution in [0.3, 0.4) is 0 Å². The third-order valence-corrected chi connectivity index (χ3v) is 11.4. The van der Waals surface area contributed by atoms with Crippen LogP contribution in [0.15, 0.2) is 206 Å². The van der Waals surface area contributed by atoms with Gasteiger partial charge in [-0.25, -0.2) is 9.97 Å². The monoisotopic (exact) mass is 718 g/mol. The van der Waals surface area contributed by atoms with Gasteiger partial charge in [0, 0.05) is 36.9 Å². The van der Waals surface area contributed by atoms with Crippen LogP contribution in [-0.4, -0.2) is 9.97 Å². The van der Waals surface area contributed by atoms with Gasteiger partial charge in [-0.2, -0.15) is 0 Å². The van der Waals surface area contributed by atoms with Gasteiger partial charge < -0.3 is 0 Å². The number of fused-ring (bicyclic) bond motifs is 3. The van der Waals surface area contributed by atoms with Crippen molar-refractivity contribution in [2.75, 3.05) is 0 Å². The molecule has 10 aromatic rings. The first-order chi connectivity index (χ1) is 27.2. The summed E-state index contributed by atoms with van der Waals surface area (Å²) in [7, 11) is 0. The van der Waals surface area contributed by atoms with Crippen molar-refractivity contribution in [2.24, 2.45) is 0 Å². The average molecular weight is 719 g/mol. The fourth-order valence-corrected chi connectivity index (χ4v) is 8.68. The van der Waals surface area contributed by atoms with Crippen LogP contribution in [0.4, 0.5) is 0 Å². The minimum Gasteiger partial charge on any atom is -0.228 e. The van der Waals surface area contributed by atoms with Gasteiger partial charge in [0.1, 0.15) is 0 Å². The summed E-state index contributed by atoms with van der Waals surface area (Å²) in [5, 5.41) is 2.60. The third-order valence-electron chi connectivity index (χ3n) is 10.3. The third kappa shape index (κ3) is 6.41. The van der Waals surface area contributed by atoms with Crippen LogP contribution in [0.25, 0.3) is 98.6 Å². The van der Waals surface area contributed by atoms with Gasteiger partial charge in [0.25, 0.3) is 0 Å². The summed E-state index contributed by atoms with van der Waals surface area (Å²) < 4.78 is 2.59. The highest BCUT2D eigenvalue weighted by molar-refractivity contribution is 7.25. The van der Waals surface area contributed by atoms with E-state index in [1.54, 1.807) is 0 Å². The van der Waals surface area contributed by atoms with Crippen molar-refractivity contribution in [3.8, 4) is 78.4 Å². The summed E-state index contributed by atoms with van der Waals surface area (Å²) in [5.41, 5.74) is 14.2. The fourth-order valence-electron chi connectivity index (χ4n) is 7.53. The van der Waals surface area contributed by atoms with Crippen LogP contribution < -0.4 is 0 Å². The summed E-state index contributed by atoms with van der Waals surface area (Å²) in [5.74, 6) is 0.698. The summed E-state index contributed by atoms with van der Waals surface area (Å²) >= 11 is 1.85. The number of rotatable bonds is 7. The maximum atomic E-state index is 5.28. The van der Waals surface area contributed by atoms with Crippen LogP contribution in [0.5, 0.6) is 0 Å². The summed E-state index contributed by atoms with van der Waals surface area (Å²) in [6, 6.07) is 73.5. The Morgan fingerprint density at radius 2 is 0.764 bits per heavy atom. The highest BCUT2D eigenvalue weighted by Crippen LogP contribution is 2.41. The minimum atomic E-state index is 0.698. The van der Waals surface area contributed by atoms with Crippen LogP contribution in [0.1, 0.15) is 0 Å². The lowest BCUT2D eigenvalue weighted by Gasteiger charge is -2.15. The molecule has 2 heterocycles. The molecule has 0 atom stereocenters. The van der Waals surface area contributed by atoms with Gasteiger partial charge in [-0.05, 0) is 80.9 Å². The second kappa shape index (κ2) is 14.1. The van der Waals surface area contributed by atoms with E-state index in [0.29, 0.717) is 5.82 Å². The van der Waals surface area contributed by atoms with Crippen molar-refractivity contribution >= 4 is 31.5 Å². The molecular formula is C52H34N2S. The zero-order valence-electron chi connectivity index (χ0n) is 29.9. The average Bonchev–Trinajstić information content (AvgIpc) is 3.65. The zero-order valence-corrected chi connectivity index (χ0v) is 30.7. The van der Waals surface area contributed by atoms with E-state index >= 15 is 0 Å². The van der Waals surface area contributed by atoms with Crippen LogP contribution in [-0.2, 0) is 0 Å². The Hall–Kier alpha value is -6.94. The predicted octanol–water partition coefficient (Wildman–Crippen LogP) is 14.5. The van der Waals surface area contributed by atoms with E-state index in [9.17, 15) is 0 Å². The van der Waals surface area contributed by atoms with Crippen molar-refractivity contribution in [3.05, 3.63) is 206 Å². The number of thiophene rings is 1. The smallest absolute Gasteiger partial charge is 0.160 e. The summed E-state index contributed by atoms with van der Waals surface area (Å²) in [6.45, 7) is 0. The standard InChI is InChI=1S/C52H34N2S/c1-4-14-35(15-5-1)36-24-26-38(27-25-36)48-34-49(54-52(53-48)39-18-8-3-9-19-39)43-31-41(40-28-29-47-46-22-12-13-23-50(46)55-51(47)33-40)30-42(32-43)45-21-11-10-20-44(45)37-16-6-2-7-17-37/h1-34H. The SMILES string of the molecule is c1ccc(-c2ccc(-c3cc(-c4cc(-c5ccc6c(c5)sc5ccccc56)cc(-c5ccccc5-c5ccccc5)c4)nc(-c4ccccc4)n3)cc2)cc1. The van der Waals surface area contributed by atoms with Crippen molar-refractivity contribution in [2.45, 2.75) is 0 Å². The molecule has 0 fully saturated rings. The predicted molar refractivity (Wildman–Crippen MR) is 233 cm³/mol. The molecule has 8 aromatic carbocycles. The fraction of sp³-hybridized carbons (Fsp3) is 0. The number of hydrogen-bond donors (Lipinski definition) is 0. The van der Waals surface area contributed by atoms with Gasteiger partial charge in [-0.3, -0.25) is 0 Å². The van der Waals surface area contributed by atoms with Crippen molar-refractivity contribution in [1.82, 2.24) is 9.97 Å². The molecule has 0 saturated carbocycles. The van der Waals surface area contributed by atoms with Crippen LogP contribution in [0, 0.1) is 0 Å². The molecule has 3 heteroatoms. The summed E-state index contributed by atoms with van der Waals surface area (Å²) in [6.07, 6.45) is 0. The van der Waals surface area contributed by atoms with E-state index in [1.165, 1.54) is 53.6 Å². The first-order valence-corrected chi connectivity index (χ1v) is 19.4. The van der Waals surface area contributed by atoms with Gasteiger partial charge in [-0.15, -0.1) is 11.3 Å². The first kappa shape index (κ1) is 32.7. The molecule has 0 aliphatic heterocycles. The molecule has 0 saturated heterocycles. The summed E-state index contributed by atoms with van der Waals surface area (Å²) in [4.78, 5) is 10.4. The molecule has 258 valence electrons. The highest BCUT2D eigenvalue weighted by Gasteiger charge is 2.16. The number of benzene rings is 8. The highest BCUT2D eigenvalue weighted by atomic mass is 32.1. The van der Waals surface area contributed by atoms with Gasteiger partial charge in [-0.1, -0.05) is 170 Å². The molecule has 2 aromatic heterocycles. The van der Waals surface area contributed by atoms with Gasteiger partial charge >= 0.3 is 0 Å². The molecule has 0 aliphatic carbocycles. The molecule has 2 nitrogen and oxygen atoms in total. The molecule has 0 radical (unpaired) electrons. The molecule has 0 unspecified atom stereocenters. The second-order valence-electron chi connectivity index (χ2n) is 13.8. The van der Waals surface area contributed by atoms with E-state index in [4.69, 9.17) is 9.97 Å². The Morgan fingerprint density at radius 1 is 0.273 bits per heavy atom. The maximum absolute atomic E-state index is 5.28. The normalized spacial score (nSPS) is 11.3.